The van der Waals surface area contributed by atoms with E-state index in [9.17, 15) is 4.79 Å². The summed E-state index contributed by atoms with van der Waals surface area (Å²) in [4.78, 5) is 22.4. The van der Waals surface area contributed by atoms with E-state index in [1.807, 2.05) is 45.0 Å². The number of benzene rings is 1. The molecule has 0 bridgehead atoms. The summed E-state index contributed by atoms with van der Waals surface area (Å²) in [6.45, 7) is 7.06. The summed E-state index contributed by atoms with van der Waals surface area (Å²) in [5.74, 6) is 0.823. The number of ether oxygens (including phenoxy) is 1. The van der Waals surface area contributed by atoms with Crippen molar-refractivity contribution in [1.29, 1.82) is 0 Å². The highest BCUT2D eigenvalue weighted by molar-refractivity contribution is 5.67. The lowest BCUT2D eigenvalue weighted by molar-refractivity contribution is -0.312. The number of carbonyl (C=O) groups is 1. The molecule has 1 N–H and O–H groups in total. The Kier molecular flexibility index (Phi) is 5.03. The van der Waals surface area contributed by atoms with Crippen LogP contribution in [0.1, 0.15) is 32.8 Å². The minimum atomic E-state index is -0.476. The molecule has 0 radical (unpaired) electrons. The number of rotatable bonds is 5. The Morgan fingerprint density at radius 3 is 2.86 bits per heavy atom. The first-order chi connectivity index (χ1) is 9.94. The van der Waals surface area contributed by atoms with E-state index in [-0.39, 0.29) is 0 Å². The minimum absolute atomic E-state index is 0.410. The van der Waals surface area contributed by atoms with Gasteiger partial charge in [0.1, 0.15) is 5.60 Å². The Morgan fingerprint density at radius 2 is 2.14 bits per heavy atom. The van der Waals surface area contributed by atoms with Crippen LogP contribution in [0.5, 0.6) is 5.75 Å². The van der Waals surface area contributed by atoms with Crippen molar-refractivity contribution in [3.05, 3.63) is 29.8 Å². The summed E-state index contributed by atoms with van der Waals surface area (Å²) in [5, 5.41) is 4.14. The van der Waals surface area contributed by atoms with Gasteiger partial charge in [-0.2, -0.15) is 0 Å². The van der Waals surface area contributed by atoms with Crippen LogP contribution in [0.2, 0.25) is 0 Å². The number of carbonyl (C=O) groups excluding carboxylic acids is 1. The maximum Gasteiger partial charge on any atom is 0.407 e. The fraction of sp³-hybridized carbons (Fsp3) is 0.533. The van der Waals surface area contributed by atoms with E-state index in [1.54, 1.807) is 0 Å². The second kappa shape index (κ2) is 6.78. The van der Waals surface area contributed by atoms with E-state index in [0.29, 0.717) is 26.1 Å². The largest absolute Gasteiger partial charge is 0.444 e. The van der Waals surface area contributed by atoms with Crippen molar-refractivity contribution in [2.24, 2.45) is 0 Å². The molecule has 6 nitrogen and oxygen atoms in total. The Labute approximate surface area is 124 Å². The van der Waals surface area contributed by atoms with E-state index in [2.05, 4.69) is 5.32 Å². The standard InChI is InChI=1S/C15H22N2O4/c1-15(2,3)20-14(18)16-9-6-10-19-17-11-12-7-4-5-8-13(12)21-17/h4-5,7-8H,6,9-11H2,1-3H3,(H,16,18). The predicted molar refractivity (Wildman–Crippen MR) is 77.4 cm³/mol. The third-order valence-electron chi connectivity index (χ3n) is 2.70. The van der Waals surface area contributed by atoms with Gasteiger partial charge < -0.3 is 14.9 Å². The Bertz CT molecular complexity index is 460. The molecule has 0 aromatic heterocycles. The topological polar surface area (TPSA) is 60.0 Å². The first kappa shape index (κ1) is 15.6. The van der Waals surface area contributed by atoms with Crippen molar-refractivity contribution in [2.75, 3.05) is 13.2 Å². The summed E-state index contributed by atoms with van der Waals surface area (Å²) in [5.41, 5.74) is 0.625. The quantitative estimate of drug-likeness (QED) is 0.846. The number of amides is 1. The molecule has 0 atom stereocenters. The third-order valence-corrected chi connectivity index (χ3v) is 2.70. The highest BCUT2D eigenvalue weighted by Gasteiger charge is 2.20. The first-order valence-corrected chi connectivity index (χ1v) is 7.07. The monoisotopic (exact) mass is 294 g/mol. The van der Waals surface area contributed by atoms with E-state index >= 15 is 0 Å². The lowest BCUT2D eigenvalue weighted by atomic mass is 10.2. The van der Waals surface area contributed by atoms with Crippen molar-refractivity contribution in [3.8, 4) is 5.75 Å². The van der Waals surface area contributed by atoms with Gasteiger partial charge >= 0.3 is 6.09 Å². The molecule has 1 amide bonds. The zero-order valence-corrected chi connectivity index (χ0v) is 12.7. The molecule has 0 aliphatic carbocycles. The fourth-order valence-corrected chi connectivity index (χ4v) is 1.82. The Hall–Kier alpha value is -1.79. The molecule has 116 valence electrons. The van der Waals surface area contributed by atoms with E-state index < -0.39 is 11.7 Å². The Morgan fingerprint density at radius 1 is 1.38 bits per heavy atom. The summed E-state index contributed by atoms with van der Waals surface area (Å²) in [6, 6.07) is 7.80. The number of para-hydroxylation sites is 1. The average molecular weight is 294 g/mol. The van der Waals surface area contributed by atoms with Crippen molar-refractivity contribution in [1.82, 2.24) is 10.5 Å². The van der Waals surface area contributed by atoms with Crippen LogP contribution in [-0.2, 0) is 16.1 Å². The number of hydroxylamine groups is 2. The van der Waals surface area contributed by atoms with Crippen molar-refractivity contribution < 1.29 is 19.2 Å². The number of hydrogen-bond donors (Lipinski definition) is 1. The second-order valence-electron chi connectivity index (χ2n) is 5.81. The maximum atomic E-state index is 11.4. The molecule has 1 aromatic rings. The van der Waals surface area contributed by atoms with Gasteiger partial charge in [0.15, 0.2) is 5.75 Å². The zero-order valence-electron chi connectivity index (χ0n) is 12.7. The van der Waals surface area contributed by atoms with Crippen LogP contribution < -0.4 is 10.2 Å². The smallest absolute Gasteiger partial charge is 0.407 e. The van der Waals surface area contributed by atoms with E-state index in [4.69, 9.17) is 14.4 Å². The molecule has 2 rings (SSSR count). The third kappa shape index (κ3) is 5.24. The molecule has 1 aromatic carbocycles. The number of hydrogen-bond acceptors (Lipinski definition) is 5. The molecule has 0 saturated heterocycles. The fourth-order valence-electron chi connectivity index (χ4n) is 1.82. The number of fused-ring (bicyclic) bond motifs is 1. The van der Waals surface area contributed by atoms with Crippen LogP contribution in [0.15, 0.2) is 24.3 Å². The molecule has 0 unspecified atom stereocenters. The predicted octanol–water partition coefficient (Wildman–Crippen LogP) is 2.64. The number of nitrogens with zero attached hydrogens (tertiary/aromatic N) is 1. The van der Waals surface area contributed by atoms with E-state index in [0.717, 1.165) is 11.3 Å². The first-order valence-electron chi connectivity index (χ1n) is 7.07. The molecular formula is C15H22N2O4. The van der Waals surface area contributed by atoms with E-state index in [1.165, 1.54) is 5.23 Å². The van der Waals surface area contributed by atoms with Gasteiger partial charge in [-0.1, -0.05) is 18.2 Å². The normalized spacial score (nSPS) is 14.4. The zero-order chi connectivity index (χ0) is 15.3. The average Bonchev–Trinajstić information content (AvgIpc) is 2.78. The highest BCUT2D eigenvalue weighted by atomic mass is 17.0. The lowest BCUT2D eigenvalue weighted by Crippen LogP contribution is -2.33. The van der Waals surface area contributed by atoms with Gasteiger partial charge in [0, 0.05) is 12.1 Å². The van der Waals surface area contributed by atoms with Crippen molar-refractivity contribution in [3.63, 3.8) is 0 Å². The molecule has 0 fully saturated rings. The maximum absolute atomic E-state index is 11.4. The van der Waals surface area contributed by atoms with Gasteiger partial charge in [-0.05, 0) is 38.5 Å². The minimum Gasteiger partial charge on any atom is -0.444 e. The molecule has 0 spiro atoms. The van der Waals surface area contributed by atoms with Gasteiger partial charge in [0.05, 0.1) is 13.2 Å². The van der Waals surface area contributed by atoms with Crippen LogP contribution in [0.25, 0.3) is 0 Å². The van der Waals surface area contributed by atoms with Crippen molar-refractivity contribution in [2.45, 2.75) is 39.3 Å². The van der Waals surface area contributed by atoms with Crippen LogP contribution in [-0.4, -0.2) is 30.1 Å². The number of alkyl carbamates (subject to hydrolysis) is 1. The second-order valence-corrected chi connectivity index (χ2v) is 5.81. The van der Waals surface area contributed by atoms with Gasteiger partial charge in [-0.15, -0.1) is 0 Å². The molecule has 6 heteroatoms. The van der Waals surface area contributed by atoms with Gasteiger partial charge in [-0.3, -0.25) is 4.84 Å². The SMILES string of the molecule is CC(C)(C)OC(=O)NCCCON1Cc2ccccc2O1. The number of nitrogens with one attached hydrogen (secondary N) is 1. The Balaban J connectivity index is 1.57. The summed E-state index contributed by atoms with van der Waals surface area (Å²) in [6.07, 6.45) is 0.266. The highest BCUT2D eigenvalue weighted by Crippen LogP contribution is 2.27. The van der Waals surface area contributed by atoms with Crippen LogP contribution >= 0.6 is 0 Å². The molecular weight excluding hydrogens is 272 g/mol. The molecule has 21 heavy (non-hydrogen) atoms. The van der Waals surface area contributed by atoms with Crippen LogP contribution in [0.3, 0.4) is 0 Å². The van der Waals surface area contributed by atoms with Crippen LogP contribution in [0.4, 0.5) is 4.79 Å². The van der Waals surface area contributed by atoms with Gasteiger partial charge in [0.25, 0.3) is 0 Å². The summed E-state index contributed by atoms with van der Waals surface area (Å²) < 4.78 is 5.13. The molecule has 0 saturated carbocycles. The molecule has 1 heterocycles. The summed E-state index contributed by atoms with van der Waals surface area (Å²) in [7, 11) is 0. The van der Waals surface area contributed by atoms with Gasteiger partial charge in [0.2, 0.25) is 0 Å². The van der Waals surface area contributed by atoms with Crippen LogP contribution in [0, 0.1) is 0 Å². The molecule has 1 aliphatic heterocycles. The van der Waals surface area contributed by atoms with Gasteiger partial charge in [-0.25, -0.2) is 4.79 Å². The molecule has 1 aliphatic rings. The van der Waals surface area contributed by atoms with Crippen molar-refractivity contribution >= 4 is 6.09 Å². The summed E-state index contributed by atoms with van der Waals surface area (Å²) >= 11 is 0. The lowest BCUT2D eigenvalue weighted by Gasteiger charge is -2.19.